The number of hydrogen-bond donors (Lipinski definition) is 2. The number of fused-ring (bicyclic) bond motifs is 2. The maximum absolute atomic E-state index is 12.2. The minimum absolute atomic E-state index is 0.120. The molecule has 0 aromatic heterocycles. The average molecular weight is 182 g/mol. The van der Waals surface area contributed by atoms with E-state index in [0.717, 1.165) is 32.6 Å². The third-order valence-corrected chi connectivity index (χ3v) is 3.66. The fourth-order valence-electron chi connectivity index (χ4n) is 2.65. The van der Waals surface area contributed by atoms with Crippen LogP contribution in [0.5, 0.6) is 0 Å². The van der Waals surface area contributed by atoms with Gasteiger partial charge < -0.3 is 10.6 Å². The Morgan fingerprint density at radius 1 is 1.23 bits per heavy atom. The Bertz CT molecular complexity index is 227. The van der Waals surface area contributed by atoms with Crippen LogP contribution in [0.1, 0.15) is 20.3 Å². The molecule has 2 bridgehead atoms. The van der Waals surface area contributed by atoms with Gasteiger partial charge in [-0.3, -0.25) is 4.79 Å². The molecule has 0 unspecified atom stereocenters. The highest BCUT2D eigenvalue weighted by molar-refractivity contribution is 5.92. The number of Topliss-reactive ketones (excluding diaryl/α,β-unsaturated/α-hetero) is 1. The van der Waals surface area contributed by atoms with Crippen molar-refractivity contribution < 1.29 is 4.79 Å². The van der Waals surface area contributed by atoms with Crippen LogP contribution in [0.15, 0.2) is 0 Å². The molecule has 2 saturated heterocycles. The van der Waals surface area contributed by atoms with E-state index in [1.807, 2.05) is 0 Å². The van der Waals surface area contributed by atoms with E-state index in [4.69, 9.17) is 0 Å². The van der Waals surface area contributed by atoms with Gasteiger partial charge in [0.25, 0.3) is 0 Å². The first kappa shape index (κ1) is 9.16. The molecule has 0 saturated carbocycles. The maximum atomic E-state index is 12.2. The first-order valence-corrected chi connectivity index (χ1v) is 5.09. The fourth-order valence-corrected chi connectivity index (χ4v) is 2.65. The summed E-state index contributed by atoms with van der Waals surface area (Å²) >= 11 is 0. The van der Waals surface area contributed by atoms with Gasteiger partial charge in [-0.05, 0) is 6.42 Å². The van der Waals surface area contributed by atoms with Gasteiger partial charge in [-0.25, -0.2) is 0 Å². The van der Waals surface area contributed by atoms with Crippen molar-refractivity contribution in [2.75, 3.05) is 26.2 Å². The predicted octanol–water partition coefficient (Wildman–Crippen LogP) is 0.165. The van der Waals surface area contributed by atoms with Gasteiger partial charge in [0.05, 0.1) is 10.8 Å². The number of hydrogen-bond acceptors (Lipinski definition) is 3. The minimum Gasteiger partial charge on any atom is -0.315 e. The van der Waals surface area contributed by atoms with Crippen LogP contribution >= 0.6 is 0 Å². The topological polar surface area (TPSA) is 41.1 Å². The molecule has 2 heterocycles. The van der Waals surface area contributed by atoms with E-state index in [2.05, 4.69) is 24.5 Å². The summed E-state index contributed by atoms with van der Waals surface area (Å²) in [6.45, 7) is 7.55. The molecule has 13 heavy (non-hydrogen) atoms. The lowest BCUT2D eigenvalue weighted by atomic mass is 9.63. The third kappa shape index (κ3) is 1.14. The van der Waals surface area contributed by atoms with E-state index < -0.39 is 0 Å². The molecule has 2 aliphatic heterocycles. The van der Waals surface area contributed by atoms with Crippen LogP contribution in [-0.2, 0) is 4.79 Å². The SMILES string of the molecule is CCC12CNCC(C)(CNC1)C2=O. The van der Waals surface area contributed by atoms with E-state index in [9.17, 15) is 4.79 Å². The van der Waals surface area contributed by atoms with Gasteiger partial charge in [0.1, 0.15) is 5.78 Å². The normalized spacial score (nSPS) is 44.9. The highest BCUT2D eigenvalue weighted by Crippen LogP contribution is 2.38. The van der Waals surface area contributed by atoms with Gasteiger partial charge in [-0.1, -0.05) is 13.8 Å². The monoisotopic (exact) mass is 182 g/mol. The molecule has 0 aromatic rings. The summed E-state index contributed by atoms with van der Waals surface area (Å²) in [6.07, 6.45) is 0.946. The zero-order valence-electron chi connectivity index (χ0n) is 8.44. The standard InChI is InChI=1S/C10H18N2O/c1-3-10-6-11-4-9(2,8(10)13)5-12-7-10/h11-12H,3-7H2,1-2H3. The van der Waals surface area contributed by atoms with Crippen molar-refractivity contribution in [1.82, 2.24) is 10.6 Å². The van der Waals surface area contributed by atoms with Crippen LogP contribution in [0, 0.1) is 10.8 Å². The van der Waals surface area contributed by atoms with Crippen LogP contribution in [0.25, 0.3) is 0 Å². The first-order valence-electron chi connectivity index (χ1n) is 5.09. The second kappa shape index (κ2) is 2.79. The maximum Gasteiger partial charge on any atom is 0.149 e. The molecule has 0 radical (unpaired) electrons. The van der Waals surface area contributed by atoms with Crippen molar-refractivity contribution in [3.8, 4) is 0 Å². The highest BCUT2D eigenvalue weighted by atomic mass is 16.1. The predicted molar refractivity (Wildman–Crippen MR) is 51.6 cm³/mol. The zero-order chi connectivity index (χ0) is 9.53. The third-order valence-electron chi connectivity index (χ3n) is 3.66. The molecule has 0 aromatic carbocycles. The molecule has 2 rings (SSSR count). The fraction of sp³-hybridized carbons (Fsp3) is 0.900. The molecular formula is C10H18N2O. The Hall–Kier alpha value is -0.410. The Morgan fingerprint density at radius 3 is 2.15 bits per heavy atom. The molecule has 3 nitrogen and oxygen atoms in total. The molecule has 3 heteroatoms. The summed E-state index contributed by atoms with van der Waals surface area (Å²) in [5, 5.41) is 6.78. The molecule has 2 aliphatic rings. The Morgan fingerprint density at radius 2 is 1.77 bits per heavy atom. The molecule has 2 N–H and O–H groups in total. The summed E-state index contributed by atoms with van der Waals surface area (Å²) in [4.78, 5) is 12.2. The van der Waals surface area contributed by atoms with Crippen molar-refractivity contribution in [3.05, 3.63) is 0 Å². The van der Waals surface area contributed by atoms with Gasteiger partial charge in [-0.15, -0.1) is 0 Å². The van der Waals surface area contributed by atoms with Crippen molar-refractivity contribution in [1.29, 1.82) is 0 Å². The largest absolute Gasteiger partial charge is 0.315 e. The molecule has 2 fully saturated rings. The van der Waals surface area contributed by atoms with Crippen LogP contribution in [0.4, 0.5) is 0 Å². The molecule has 0 amide bonds. The minimum atomic E-state index is -0.160. The van der Waals surface area contributed by atoms with E-state index >= 15 is 0 Å². The molecule has 0 aliphatic carbocycles. The van der Waals surface area contributed by atoms with Gasteiger partial charge in [0, 0.05) is 26.2 Å². The number of rotatable bonds is 1. The highest BCUT2D eigenvalue weighted by Gasteiger charge is 2.52. The summed E-state index contributed by atoms with van der Waals surface area (Å²) < 4.78 is 0. The first-order chi connectivity index (χ1) is 6.13. The lowest BCUT2D eigenvalue weighted by molar-refractivity contribution is -0.144. The quantitative estimate of drug-likeness (QED) is 0.607. The molecule has 74 valence electrons. The number of piperidine rings is 2. The van der Waals surface area contributed by atoms with Gasteiger partial charge >= 0.3 is 0 Å². The van der Waals surface area contributed by atoms with E-state index in [1.54, 1.807) is 0 Å². The average Bonchev–Trinajstić information content (AvgIpc) is 2.09. The van der Waals surface area contributed by atoms with Crippen molar-refractivity contribution in [3.63, 3.8) is 0 Å². The number of carbonyl (C=O) groups is 1. The second-order valence-corrected chi connectivity index (χ2v) is 4.73. The summed E-state index contributed by atoms with van der Waals surface area (Å²) in [7, 11) is 0. The lowest BCUT2D eigenvalue weighted by Gasteiger charge is -2.49. The van der Waals surface area contributed by atoms with Crippen LogP contribution in [0.3, 0.4) is 0 Å². The second-order valence-electron chi connectivity index (χ2n) is 4.73. The lowest BCUT2D eigenvalue weighted by Crippen LogP contribution is -2.67. The summed E-state index contributed by atoms with van der Waals surface area (Å²) in [5.74, 6) is 0.472. The van der Waals surface area contributed by atoms with Gasteiger partial charge in [0.2, 0.25) is 0 Å². The van der Waals surface area contributed by atoms with E-state index in [1.165, 1.54) is 0 Å². The van der Waals surface area contributed by atoms with Crippen LogP contribution in [0.2, 0.25) is 0 Å². The Kier molecular flexibility index (Phi) is 1.96. The van der Waals surface area contributed by atoms with Crippen LogP contribution < -0.4 is 10.6 Å². The van der Waals surface area contributed by atoms with Crippen molar-refractivity contribution >= 4 is 5.78 Å². The smallest absolute Gasteiger partial charge is 0.149 e. The van der Waals surface area contributed by atoms with Crippen molar-refractivity contribution in [2.45, 2.75) is 20.3 Å². The van der Waals surface area contributed by atoms with E-state index in [-0.39, 0.29) is 10.8 Å². The zero-order valence-corrected chi connectivity index (χ0v) is 8.44. The van der Waals surface area contributed by atoms with Gasteiger partial charge in [-0.2, -0.15) is 0 Å². The van der Waals surface area contributed by atoms with Gasteiger partial charge in [0.15, 0.2) is 0 Å². The van der Waals surface area contributed by atoms with E-state index in [0.29, 0.717) is 5.78 Å². The Labute approximate surface area is 79.3 Å². The molecule has 0 atom stereocenters. The Balaban J connectivity index is 2.33. The number of ketones is 1. The number of nitrogens with one attached hydrogen (secondary N) is 2. The molecule has 0 spiro atoms. The summed E-state index contributed by atoms with van der Waals surface area (Å²) in [6, 6.07) is 0. The molecular weight excluding hydrogens is 164 g/mol. The van der Waals surface area contributed by atoms with Crippen LogP contribution in [-0.4, -0.2) is 32.0 Å². The van der Waals surface area contributed by atoms with Crippen molar-refractivity contribution in [2.24, 2.45) is 10.8 Å². The summed E-state index contributed by atoms with van der Waals surface area (Å²) in [5.41, 5.74) is -0.280. The number of carbonyl (C=O) groups excluding carboxylic acids is 1.